The van der Waals surface area contributed by atoms with E-state index < -0.39 is 24.0 Å². The van der Waals surface area contributed by atoms with Crippen LogP contribution in [0, 0.1) is 0 Å². The molecular weight excluding hydrogens is 201 g/mol. The zero-order chi connectivity index (χ0) is 10.9. The lowest BCUT2D eigenvalue weighted by Gasteiger charge is -2.28. The number of hydrogen-bond donors (Lipinski definition) is 1. The molecule has 0 aromatic carbocycles. The summed E-state index contributed by atoms with van der Waals surface area (Å²) in [5.41, 5.74) is 5.36. The van der Waals surface area contributed by atoms with Crippen molar-refractivity contribution in [2.75, 3.05) is 6.54 Å². The van der Waals surface area contributed by atoms with E-state index in [0.29, 0.717) is 0 Å². The zero-order valence-electron chi connectivity index (χ0n) is 7.17. The minimum Gasteiger partial charge on any atom is -0.327 e. The Morgan fingerprint density at radius 3 is 2.50 bits per heavy atom. The van der Waals surface area contributed by atoms with E-state index in [2.05, 4.69) is 0 Å². The minimum absolute atomic E-state index is 0.207. The number of rotatable bonds is 0. The Morgan fingerprint density at radius 1 is 1.50 bits per heavy atom. The molecule has 14 heavy (non-hydrogen) atoms. The van der Waals surface area contributed by atoms with Gasteiger partial charge < -0.3 is 5.73 Å². The first-order valence-electron chi connectivity index (χ1n) is 3.99. The molecule has 1 aliphatic heterocycles. The normalized spacial score (nSPS) is 23.9. The maximum absolute atomic E-state index is 11.9. The molecule has 0 saturated carbocycles. The summed E-state index contributed by atoms with van der Waals surface area (Å²) in [7, 11) is 0. The predicted molar refractivity (Wildman–Crippen MR) is 40.0 cm³/mol. The molecule has 2 N–H and O–H groups in total. The Bertz CT molecular complexity index is 264. The van der Waals surface area contributed by atoms with Gasteiger partial charge in [-0.3, -0.25) is 14.5 Å². The number of halogens is 3. The van der Waals surface area contributed by atoms with Crippen LogP contribution in [0.4, 0.5) is 13.2 Å². The molecule has 1 atom stereocenters. The predicted octanol–water partition coefficient (Wildman–Crippen LogP) is 0.0250. The average molecular weight is 210 g/mol. The molecule has 0 aliphatic carbocycles. The standard InChI is InChI=1S/C7H9F3N2O2/c8-7(9,10)6(14)12-2-1-4(11)3-5(12)13/h4H,1-3,11H2. The van der Waals surface area contributed by atoms with Crippen molar-refractivity contribution < 1.29 is 22.8 Å². The van der Waals surface area contributed by atoms with Gasteiger partial charge in [-0.25, -0.2) is 0 Å². The molecule has 1 fully saturated rings. The third kappa shape index (κ3) is 2.22. The van der Waals surface area contributed by atoms with E-state index in [9.17, 15) is 22.8 Å². The van der Waals surface area contributed by atoms with Gasteiger partial charge in [0.2, 0.25) is 5.91 Å². The van der Waals surface area contributed by atoms with Gasteiger partial charge in [0.15, 0.2) is 0 Å². The fraction of sp³-hybridized carbons (Fsp3) is 0.714. The second-order valence-electron chi connectivity index (χ2n) is 3.10. The average Bonchev–Trinajstić information content (AvgIpc) is 2.01. The lowest BCUT2D eigenvalue weighted by atomic mass is 10.1. The van der Waals surface area contributed by atoms with E-state index in [1.54, 1.807) is 0 Å². The third-order valence-electron chi connectivity index (χ3n) is 1.95. The summed E-state index contributed by atoms with van der Waals surface area (Å²) in [6.07, 6.45) is -4.98. The van der Waals surface area contributed by atoms with Crippen LogP contribution in [-0.2, 0) is 9.59 Å². The molecule has 1 rings (SSSR count). The molecule has 1 saturated heterocycles. The SMILES string of the molecule is NC1CCN(C(=O)C(F)(F)F)C(=O)C1. The van der Waals surface area contributed by atoms with Gasteiger partial charge in [-0.2, -0.15) is 13.2 Å². The van der Waals surface area contributed by atoms with Crippen LogP contribution in [-0.4, -0.2) is 35.5 Å². The van der Waals surface area contributed by atoms with E-state index in [-0.39, 0.29) is 24.3 Å². The third-order valence-corrected chi connectivity index (χ3v) is 1.95. The fourth-order valence-electron chi connectivity index (χ4n) is 1.22. The first kappa shape index (κ1) is 11.0. The summed E-state index contributed by atoms with van der Waals surface area (Å²) in [5.74, 6) is -2.96. The molecule has 1 aliphatic rings. The Balaban J connectivity index is 2.70. The van der Waals surface area contributed by atoms with Crippen molar-refractivity contribution in [2.24, 2.45) is 5.73 Å². The first-order chi connectivity index (χ1) is 6.32. The van der Waals surface area contributed by atoms with Crippen molar-refractivity contribution in [3.63, 3.8) is 0 Å². The highest BCUT2D eigenvalue weighted by atomic mass is 19.4. The van der Waals surface area contributed by atoms with Crippen LogP contribution in [0.3, 0.4) is 0 Å². The largest absolute Gasteiger partial charge is 0.471 e. The molecule has 0 radical (unpaired) electrons. The molecule has 4 nitrogen and oxygen atoms in total. The number of imide groups is 1. The molecule has 0 spiro atoms. The Hall–Kier alpha value is -1.11. The summed E-state index contributed by atoms with van der Waals surface area (Å²) < 4.78 is 35.8. The lowest BCUT2D eigenvalue weighted by molar-refractivity contribution is -0.188. The number of carbonyl (C=O) groups is 2. The van der Waals surface area contributed by atoms with Crippen molar-refractivity contribution in [3.05, 3.63) is 0 Å². The number of amides is 2. The van der Waals surface area contributed by atoms with E-state index in [1.165, 1.54) is 0 Å². The van der Waals surface area contributed by atoms with Crippen LogP contribution in [0.15, 0.2) is 0 Å². The van der Waals surface area contributed by atoms with Crippen LogP contribution < -0.4 is 5.73 Å². The summed E-state index contributed by atoms with van der Waals surface area (Å²) in [6, 6.07) is -0.445. The van der Waals surface area contributed by atoms with Gasteiger partial charge >= 0.3 is 12.1 Å². The van der Waals surface area contributed by atoms with Crippen molar-refractivity contribution in [1.29, 1.82) is 0 Å². The van der Waals surface area contributed by atoms with Crippen LogP contribution >= 0.6 is 0 Å². The van der Waals surface area contributed by atoms with Gasteiger partial charge in [-0.1, -0.05) is 0 Å². The number of likely N-dealkylation sites (tertiary alicyclic amines) is 1. The van der Waals surface area contributed by atoms with Crippen molar-refractivity contribution in [3.8, 4) is 0 Å². The molecule has 80 valence electrons. The number of nitrogens with two attached hydrogens (primary N) is 1. The monoisotopic (exact) mass is 210 g/mol. The van der Waals surface area contributed by atoms with Gasteiger partial charge in [0.05, 0.1) is 0 Å². The minimum atomic E-state index is -4.99. The van der Waals surface area contributed by atoms with Crippen LogP contribution in [0.5, 0.6) is 0 Å². The number of hydrogen-bond acceptors (Lipinski definition) is 3. The van der Waals surface area contributed by atoms with Crippen molar-refractivity contribution >= 4 is 11.8 Å². The number of alkyl halides is 3. The van der Waals surface area contributed by atoms with E-state index in [0.717, 1.165) is 0 Å². The highest BCUT2D eigenvalue weighted by Gasteiger charge is 2.45. The Kier molecular flexibility index (Phi) is 2.79. The van der Waals surface area contributed by atoms with Crippen LogP contribution in [0.1, 0.15) is 12.8 Å². The molecule has 0 aromatic heterocycles. The maximum Gasteiger partial charge on any atom is 0.471 e. The molecule has 0 bridgehead atoms. The molecule has 2 amide bonds. The van der Waals surface area contributed by atoms with Crippen LogP contribution in [0.2, 0.25) is 0 Å². The highest BCUT2D eigenvalue weighted by molar-refractivity contribution is 5.98. The lowest BCUT2D eigenvalue weighted by Crippen LogP contribution is -2.51. The summed E-state index contributed by atoms with van der Waals surface area (Å²) in [6.45, 7) is -0.252. The molecule has 1 unspecified atom stereocenters. The number of carbonyl (C=O) groups excluding carboxylic acids is 2. The quantitative estimate of drug-likeness (QED) is 0.613. The van der Waals surface area contributed by atoms with E-state index >= 15 is 0 Å². The summed E-state index contributed by atoms with van der Waals surface area (Å²) in [4.78, 5) is 21.9. The molecule has 0 aromatic rings. The van der Waals surface area contributed by atoms with Crippen molar-refractivity contribution in [2.45, 2.75) is 25.1 Å². The van der Waals surface area contributed by atoms with E-state index in [4.69, 9.17) is 5.73 Å². The first-order valence-corrected chi connectivity index (χ1v) is 3.99. The van der Waals surface area contributed by atoms with Crippen LogP contribution in [0.25, 0.3) is 0 Å². The van der Waals surface area contributed by atoms with Gasteiger partial charge in [0.25, 0.3) is 0 Å². The Morgan fingerprint density at radius 2 is 2.07 bits per heavy atom. The van der Waals surface area contributed by atoms with Gasteiger partial charge in [0.1, 0.15) is 0 Å². The number of nitrogens with zero attached hydrogens (tertiary/aromatic N) is 1. The zero-order valence-corrected chi connectivity index (χ0v) is 7.17. The van der Waals surface area contributed by atoms with Gasteiger partial charge in [-0.15, -0.1) is 0 Å². The molecule has 7 heteroatoms. The fourth-order valence-corrected chi connectivity index (χ4v) is 1.22. The van der Waals surface area contributed by atoms with Gasteiger partial charge in [0, 0.05) is 19.0 Å². The highest BCUT2D eigenvalue weighted by Crippen LogP contribution is 2.21. The summed E-state index contributed by atoms with van der Waals surface area (Å²) in [5, 5.41) is 0. The van der Waals surface area contributed by atoms with Crippen molar-refractivity contribution in [1.82, 2.24) is 4.90 Å². The molecular formula is C7H9F3N2O2. The molecule has 1 heterocycles. The number of piperidine rings is 1. The second kappa shape index (κ2) is 3.56. The summed E-state index contributed by atoms with van der Waals surface area (Å²) >= 11 is 0. The topological polar surface area (TPSA) is 63.4 Å². The second-order valence-corrected chi connectivity index (χ2v) is 3.10. The van der Waals surface area contributed by atoms with E-state index in [1.807, 2.05) is 0 Å². The smallest absolute Gasteiger partial charge is 0.327 e. The maximum atomic E-state index is 11.9. The Labute approximate surface area is 77.8 Å². The van der Waals surface area contributed by atoms with Gasteiger partial charge in [-0.05, 0) is 6.42 Å².